The fourth-order valence-electron chi connectivity index (χ4n) is 1.54. The molecule has 0 bridgehead atoms. The number of primary amides is 1. The maximum Gasteiger partial charge on any atom is 0.235 e. The standard InChI is InChI=1S/C10H13NO3S2/c1-10(13-4-5-14-10)7-3-2-6(16-7)8(15)9(11)12/h2-3,8,15H,4-5H2,1H3,(H2,11,12). The second-order valence-corrected chi connectivity index (χ2v) is 5.28. The van der Waals surface area contributed by atoms with E-state index in [1.165, 1.54) is 11.3 Å². The summed E-state index contributed by atoms with van der Waals surface area (Å²) in [4.78, 5) is 12.7. The first kappa shape index (κ1) is 11.9. The summed E-state index contributed by atoms with van der Waals surface area (Å²) < 4.78 is 11.1. The van der Waals surface area contributed by atoms with Gasteiger partial charge in [-0.1, -0.05) is 0 Å². The summed E-state index contributed by atoms with van der Waals surface area (Å²) in [5, 5.41) is -0.566. The fraction of sp³-hybridized carbons (Fsp3) is 0.500. The number of thiol groups is 1. The molecule has 1 fully saturated rings. The zero-order chi connectivity index (χ0) is 11.8. The molecule has 1 aromatic rings. The lowest BCUT2D eigenvalue weighted by atomic mass is 10.2. The second kappa shape index (κ2) is 4.37. The van der Waals surface area contributed by atoms with Gasteiger partial charge in [0.25, 0.3) is 0 Å². The third kappa shape index (κ3) is 2.10. The highest BCUT2D eigenvalue weighted by Crippen LogP contribution is 2.38. The van der Waals surface area contributed by atoms with E-state index in [4.69, 9.17) is 15.2 Å². The van der Waals surface area contributed by atoms with Gasteiger partial charge in [-0.25, -0.2) is 0 Å². The Morgan fingerprint density at radius 1 is 1.56 bits per heavy atom. The zero-order valence-electron chi connectivity index (χ0n) is 8.80. The van der Waals surface area contributed by atoms with Gasteiger partial charge in [-0.05, 0) is 19.1 Å². The molecule has 0 radical (unpaired) electrons. The lowest BCUT2D eigenvalue weighted by Crippen LogP contribution is -2.20. The van der Waals surface area contributed by atoms with E-state index in [2.05, 4.69) is 12.6 Å². The van der Waals surface area contributed by atoms with Gasteiger partial charge in [-0.2, -0.15) is 12.6 Å². The van der Waals surface area contributed by atoms with Crippen LogP contribution in [0.5, 0.6) is 0 Å². The van der Waals surface area contributed by atoms with E-state index < -0.39 is 16.9 Å². The summed E-state index contributed by atoms with van der Waals surface area (Å²) >= 11 is 5.59. The van der Waals surface area contributed by atoms with E-state index in [0.29, 0.717) is 13.2 Å². The van der Waals surface area contributed by atoms with Crippen molar-refractivity contribution in [2.24, 2.45) is 5.73 Å². The van der Waals surface area contributed by atoms with E-state index in [9.17, 15) is 4.79 Å². The molecular formula is C10H13NO3S2. The molecule has 1 aliphatic rings. The molecule has 2 heterocycles. The van der Waals surface area contributed by atoms with Crippen LogP contribution in [0.3, 0.4) is 0 Å². The molecule has 2 rings (SSSR count). The van der Waals surface area contributed by atoms with Crippen LogP contribution in [-0.4, -0.2) is 19.1 Å². The summed E-state index contributed by atoms with van der Waals surface area (Å²) in [5.41, 5.74) is 5.19. The van der Waals surface area contributed by atoms with E-state index in [0.717, 1.165) is 9.75 Å². The van der Waals surface area contributed by atoms with Crippen molar-refractivity contribution in [3.63, 3.8) is 0 Å². The number of ether oxygens (including phenoxy) is 2. The van der Waals surface area contributed by atoms with E-state index >= 15 is 0 Å². The number of thiophene rings is 1. The average Bonchev–Trinajstić information content (AvgIpc) is 2.85. The molecule has 16 heavy (non-hydrogen) atoms. The number of carbonyl (C=O) groups is 1. The smallest absolute Gasteiger partial charge is 0.235 e. The summed E-state index contributed by atoms with van der Waals surface area (Å²) in [6.45, 7) is 3.04. The third-order valence-corrected chi connectivity index (χ3v) is 4.49. The number of nitrogens with two attached hydrogens (primary N) is 1. The van der Waals surface area contributed by atoms with E-state index in [-0.39, 0.29) is 0 Å². The second-order valence-electron chi connectivity index (χ2n) is 3.65. The van der Waals surface area contributed by atoms with Crippen molar-refractivity contribution in [1.29, 1.82) is 0 Å². The molecule has 2 N–H and O–H groups in total. The van der Waals surface area contributed by atoms with Crippen LogP contribution in [0, 0.1) is 0 Å². The van der Waals surface area contributed by atoms with Crippen molar-refractivity contribution in [1.82, 2.24) is 0 Å². The van der Waals surface area contributed by atoms with E-state index in [1.54, 1.807) is 0 Å². The quantitative estimate of drug-likeness (QED) is 0.807. The van der Waals surface area contributed by atoms with Crippen LogP contribution in [0.4, 0.5) is 0 Å². The van der Waals surface area contributed by atoms with Gasteiger partial charge in [-0.3, -0.25) is 4.79 Å². The highest BCUT2D eigenvalue weighted by atomic mass is 32.1. The number of amides is 1. The van der Waals surface area contributed by atoms with Crippen molar-refractivity contribution in [2.45, 2.75) is 18.0 Å². The summed E-state index contributed by atoms with van der Waals surface area (Å²) in [7, 11) is 0. The maximum atomic E-state index is 11.0. The van der Waals surface area contributed by atoms with E-state index in [1.807, 2.05) is 19.1 Å². The first-order chi connectivity index (χ1) is 7.53. The Bertz CT molecular complexity index is 399. The van der Waals surface area contributed by atoms with Crippen molar-refractivity contribution in [2.75, 3.05) is 13.2 Å². The molecule has 0 spiro atoms. The molecule has 0 aromatic carbocycles. The number of carbonyl (C=O) groups excluding carboxylic acids is 1. The molecule has 0 aliphatic carbocycles. The van der Waals surface area contributed by atoms with Gasteiger partial charge >= 0.3 is 0 Å². The lowest BCUT2D eigenvalue weighted by Gasteiger charge is -2.20. The van der Waals surface area contributed by atoms with Gasteiger partial charge in [0, 0.05) is 4.88 Å². The minimum atomic E-state index is -0.686. The predicted octanol–water partition coefficient (Wildman–Crippen LogP) is 1.42. The number of hydrogen-bond acceptors (Lipinski definition) is 5. The normalized spacial score (nSPS) is 20.9. The van der Waals surface area contributed by atoms with Crippen LogP contribution < -0.4 is 5.73 Å². The Morgan fingerprint density at radius 2 is 2.19 bits per heavy atom. The van der Waals surface area contributed by atoms with Crippen LogP contribution in [-0.2, 0) is 20.1 Å². The molecule has 1 amide bonds. The van der Waals surface area contributed by atoms with Crippen LogP contribution in [0.25, 0.3) is 0 Å². The van der Waals surface area contributed by atoms with Crippen LogP contribution in [0.15, 0.2) is 12.1 Å². The molecule has 1 aliphatic heterocycles. The van der Waals surface area contributed by atoms with Crippen LogP contribution in [0.2, 0.25) is 0 Å². The Kier molecular flexibility index (Phi) is 3.25. The van der Waals surface area contributed by atoms with Crippen LogP contribution >= 0.6 is 24.0 Å². The molecule has 88 valence electrons. The molecule has 1 aromatic heterocycles. The Hall–Kier alpha value is -0.560. The first-order valence-electron chi connectivity index (χ1n) is 4.88. The molecule has 4 nitrogen and oxygen atoms in total. The monoisotopic (exact) mass is 259 g/mol. The number of hydrogen-bond donors (Lipinski definition) is 2. The predicted molar refractivity (Wildman–Crippen MR) is 64.5 cm³/mol. The molecule has 6 heteroatoms. The van der Waals surface area contributed by atoms with Gasteiger partial charge in [-0.15, -0.1) is 11.3 Å². The minimum absolute atomic E-state index is 0.449. The fourth-order valence-corrected chi connectivity index (χ4v) is 2.84. The van der Waals surface area contributed by atoms with Crippen molar-refractivity contribution in [3.8, 4) is 0 Å². The zero-order valence-corrected chi connectivity index (χ0v) is 10.5. The van der Waals surface area contributed by atoms with Gasteiger partial charge in [0.05, 0.1) is 18.1 Å². The van der Waals surface area contributed by atoms with Crippen molar-refractivity contribution < 1.29 is 14.3 Å². The van der Waals surface area contributed by atoms with Crippen molar-refractivity contribution >= 4 is 29.9 Å². The lowest BCUT2D eigenvalue weighted by molar-refractivity contribution is -0.146. The van der Waals surface area contributed by atoms with Gasteiger partial charge in [0.15, 0.2) is 0 Å². The van der Waals surface area contributed by atoms with Crippen molar-refractivity contribution in [3.05, 3.63) is 21.9 Å². The summed E-state index contributed by atoms with van der Waals surface area (Å²) in [6, 6.07) is 3.72. The largest absolute Gasteiger partial charge is 0.368 e. The van der Waals surface area contributed by atoms with Gasteiger partial charge in [0.2, 0.25) is 11.7 Å². The first-order valence-corrected chi connectivity index (χ1v) is 6.22. The maximum absolute atomic E-state index is 11.0. The molecule has 1 unspecified atom stereocenters. The Labute approximate surface area is 103 Å². The average molecular weight is 259 g/mol. The molecular weight excluding hydrogens is 246 g/mol. The number of rotatable bonds is 3. The summed E-state index contributed by atoms with van der Waals surface area (Å²) in [6.07, 6.45) is 0. The topological polar surface area (TPSA) is 61.6 Å². The Balaban J connectivity index is 2.22. The highest BCUT2D eigenvalue weighted by Gasteiger charge is 2.35. The summed E-state index contributed by atoms with van der Waals surface area (Å²) in [5.74, 6) is -1.14. The molecule has 0 saturated carbocycles. The SMILES string of the molecule is CC1(c2ccc(C(S)C(N)=O)s2)OCCO1. The minimum Gasteiger partial charge on any atom is -0.368 e. The Morgan fingerprint density at radius 3 is 2.75 bits per heavy atom. The highest BCUT2D eigenvalue weighted by molar-refractivity contribution is 7.81. The molecule has 1 saturated heterocycles. The third-order valence-electron chi connectivity index (χ3n) is 2.45. The molecule has 1 atom stereocenters. The van der Waals surface area contributed by atoms with Gasteiger partial charge in [0.1, 0.15) is 5.25 Å². The van der Waals surface area contributed by atoms with Crippen LogP contribution in [0.1, 0.15) is 21.9 Å². The van der Waals surface area contributed by atoms with Gasteiger partial charge < -0.3 is 15.2 Å².